The molecule has 128 valence electrons. The topological polar surface area (TPSA) is 70.4 Å². The first kappa shape index (κ1) is 18.1. The van der Waals surface area contributed by atoms with E-state index in [1.165, 1.54) is 0 Å². The predicted molar refractivity (Wildman–Crippen MR) is 96.7 cm³/mol. The fourth-order valence-electron chi connectivity index (χ4n) is 2.60. The van der Waals surface area contributed by atoms with Gasteiger partial charge in [0, 0.05) is 11.6 Å². The van der Waals surface area contributed by atoms with E-state index in [-0.39, 0.29) is 0 Å². The van der Waals surface area contributed by atoms with E-state index in [2.05, 4.69) is 11.9 Å². The van der Waals surface area contributed by atoms with E-state index >= 15 is 0 Å². The molecular weight excluding hydrogens is 302 g/mol. The highest BCUT2D eigenvalue weighted by Crippen LogP contribution is 2.28. The molecule has 1 unspecified atom stereocenters. The Morgan fingerprint density at radius 2 is 2.08 bits per heavy atom. The molecule has 0 aliphatic carbocycles. The highest BCUT2D eigenvalue weighted by atomic mass is 16.4. The van der Waals surface area contributed by atoms with Crippen LogP contribution >= 0.6 is 0 Å². The summed E-state index contributed by atoms with van der Waals surface area (Å²) in [5.41, 5.74) is 0.685. The molecule has 0 amide bonds. The zero-order chi connectivity index (χ0) is 17.7. The van der Waals surface area contributed by atoms with E-state index in [1.54, 1.807) is 32.2 Å². The number of hydrogen-bond donors (Lipinski definition) is 2. The maximum absolute atomic E-state index is 11.6. The third kappa shape index (κ3) is 4.20. The van der Waals surface area contributed by atoms with E-state index in [0.29, 0.717) is 12.1 Å². The molecule has 0 saturated heterocycles. The number of rotatable bonds is 7. The first-order chi connectivity index (χ1) is 11.4. The Balaban J connectivity index is 2.32. The Hall–Kier alpha value is -2.20. The molecule has 0 saturated carbocycles. The van der Waals surface area contributed by atoms with E-state index in [9.17, 15) is 15.0 Å². The lowest BCUT2D eigenvalue weighted by molar-refractivity contribution is -0.145. The summed E-state index contributed by atoms with van der Waals surface area (Å²) in [5, 5.41) is 21.2. The van der Waals surface area contributed by atoms with Gasteiger partial charge in [-0.25, -0.2) is 0 Å². The lowest BCUT2D eigenvalue weighted by Crippen LogP contribution is -2.24. The van der Waals surface area contributed by atoms with Crippen molar-refractivity contribution < 1.29 is 15.0 Å². The van der Waals surface area contributed by atoms with Crippen LogP contribution < -0.4 is 0 Å². The van der Waals surface area contributed by atoms with Crippen LogP contribution in [0.3, 0.4) is 0 Å². The van der Waals surface area contributed by atoms with Gasteiger partial charge in [-0.15, -0.1) is 0 Å². The highest BCUT2D eigenvalue weighted by molar-refractivity contribution is 5.84. The molecule has 4 nitrogen and oxygen atoms in total. The molecule has 1 aromatic heterocycles. The van der Waals surface area contributed by atoms with Crippen molar-refractivity contribution in [1.82, 2.24) is 4.98 Å². The van der Waals surface area contributed by atoms with E-state index < -0.39 is 17.5 Å². The van der Waals surface area contributed by atoms with Crippen molar-refractivity contribution in [2.45, 2.75) is 46.1 Å². The normalized spacial score (nSPS) is 15.5. The number of aliphatic hydroxyl groups is 1. The zero-order valence-electron chi connectivity index (χ0n) is 14.5. The first-order valence-electron chi connectivity index (χ1n) is 8.36. The molecule has 4 heteroatoms. The average Bonchev–Trinajstić information content (AvgIpc) is 2.57. The molecule has 2 rings (SSSR count). The SMILES string of the molecule is CCCCC(C)(/C=C/c1cc2cc([C@@H](C)O)ccc2cn1)C(=O)O. The number of hydrogen-bond acceptors (Lipinski definition) is 3. The third-order valence-electron chi connectivity index (χ3n) is 4.41. The van der Waals surface area contributed by atoms with Gasteiger partial charge in [-0.2, -0.15) is 0 Å². The number of carboxylic acid groups (broad SMARTS) is 1. The summed E-state index contributed by atoms with van der Waals surface area (Å²) < 4.78 is 0. The van der Waals surface area contributed by atoms with Gasteiger partial charge in [-0.05, 0) is 49.4 Å². The summed E-state index contributed by atoms with van der Waals surface area (Å²) in [4.78, 5) is 16.0. The molecule has 1 heterocycles. The van der Waals surface area contributed by atoms with Gasteiger partial charge < -0.3 is 10.2 Å². The molecular formula is C20H25NO3. The number of carboxylic acids is 1. The van der Waals surface area contributed by atoms with Crippen molar-refractivity contribution in [1.29, 1.82) is 0 Å². The first-order valence-corrected chi connectivity index (χ1v) is 8.36. The van der Waals surface area contributed by atoms with Gasteiger partial charge in [0.1, 0.15) is 0 Å². The van der Waals surface area contributed by atoms with Crippen molar-refractivity contribution >= 4 is 22.8 Å². The number of aliphatic hydroxyl groups excluding tert-OH is 1. The highest BCUT2D eigenvalue weighted by Gasteiger charge is 2.29. The molecule has 2 aromatic rings. The molecule has 24 heavy (non-hydrogen) atoms. The van der Waals surface area contributed by atoms with Gasteiger partial charge >= 0.3 is 5.97 Å². The summed E-state index contributed by atoms with van der Waals surface area (Å²) in [5.74, 6) is -0.815. The number of unbranched alkanes of at least 4 members (excludes halogenated alkanes) is 1. The number of nitrogens with zero attached hydrogens (tertiary/aromatic N) is 1. The quantitative estimate of drug-likeness (QED) is 0.780. The van der Waals surface area contributed by atoms with Crippen LogP contribution in [0.4, 0.5) is 0 Å². The van der Waals surface area contributed by atoms with Crippen LogP contribution in [-0.2, 0) is 4.79 Å². The second-order valence-corrected chi connectivity index (χ2v) is 6.55. The van der Waals surface area contributed by atoms with Gasteiger partial charge in [0.05, 0.1) is 17.2 Å². The fourth-order valence-corrected chi connectivity index (χ4v) is 2.60. The van der Waals surface area contributed by atoms with Crippen LogP contribution in [0, 0.1) is 5.41 Å². The predicted octanol–water partition coefficient (Wildman–Crippen LogP) is 4.58. The van der Waals surface area contributed by atoms with Crippen LogP contribution in [0.15, 0.2) is 36.5 Å². The van der Waals surface area contributed by atoms with Gasteiger partial charge in [-0.3, -0.25) is 9.78 Å². The molecule has 0 spiro atoms. The van der Waals surface area contributed by atoms with Crippen LogP contribution in [0.25, 0.3) is 16.8 Å². The summed E-state index contributed by atoms with van der Waals surface area (Å²) in [6.07, 6.45) is 7.20. The number of aromatic nitrogens is 1. The Labute approximate surface area is 142 Å². The lowest BCUT2D eigenvalue weighted by atomic mass is 9.84. The van der Waals surface area contributed by atoms with Crippen molar-refractivity contribution in [2.24, 2.45) is 5.41 Å². The van der Waals surface area contributed by atoms with Crippen LogP contribution in [0.2, 0.25) is 0 Å². The summed E-state index contributed by atoms with van der Waals surface area (Å²) in [6, 6.07) is 7.67. The van der Waals surface area contributed by atoms with Crippen molar-refractivity contribution in [3.8, 4) is 0 Å². The second-order valence-electron chi connectivity index (χ2n) is 6.55. The van der Waals surface area contributed by atoms with Gasteiger partial charge in [0.15, 0.2) is 0 Å². The number of fused-ring (bicyclic) bond motifs is 1. The number of aliphatic carboxylic acids is 1. The maximum atomic E-state index is 11.6. The molecule has 1 aromatic carbocycles. The Bertz CT molecular complexity index is 752. The minimum atomic E-state index is -0.881. The largest absolute Gasteiger partial charge is 0.481 e. The Kier molecular flexibility index (Phi) is 5.73. The van der Waals surface area contributed by atoms with Gasteiger partial charge in [0.25, 0.3) is 0 Å². The molecule has 2 N–H and O–H groups in total. The third-order valence-corrected chi connectivity index (χ3v) is 4.41. The molecule has 0 aliphatic rings. The second kappa shape index (κ2) is 7.58. The van der Waals surface area contributed by atoms with Crippen molar-refractivity contribution in [2.75, 3.05) is 0 Å². The van der Waals surface area contributed by atoms with Crippen LogP contribution in [-0.4, -0.2) is 21.2 Å². The monoisotopic (exact) mass is 327 g/mol. The Morgan fingerprint density at radius 1 is 1.33 bits per heavy atom. The smallest absolute Gasteiger partial charge is 0.313 e. The number of benzene rings is 1. The summed E-state index contributed by atoms with van der Waals surface area (Å²) in [7, 11) is 0. The minimum Gasteiger partial charge on any atom is -0.481 e. The standard InChI is InChI=1S/C20H25NO3/c1-4-5-9-20(3,19(23)24)10-8-18-12-17-11-15(14(2)22)6-7-16(17)13-21-18/h6-8,10-14,22H,4-5,9H2,1-3H3,(H,23,24)/b10-8+/t14-,20?/m1/s1. The van der Waals surface area contributed by atoms with E-state index in [0.717, 1.165) is 29.2 Å². The molecule has 2 atom stereocenters. The number of pyridine rings is 1. The van der Waals surface area contributed by atoms with E-state index in [1.807, 2.05) is 24.3 Å². The molecule has 0 radical (unpaired) electrons. The van der Waals surface area contributed by atoms with Gasteiger partial charge in [-0.1, -0.05) is 38.0 Å². The van der Waals surface area contributed by atoms with E-state index in [4.69, 9.17) is 0 Å². The number of carbonyl (C=O) groups is 1. The fraction of sp³-hybridized carbons (Fsp3) is 0.400. The molecule has 0 aliphatic heterocycles. The molecule has 0 bridgehead atoms. The Morgan fingerprint density at radius 3 is 2.71 bits per heavy atom. The minimum absolute atomic E-state index is 0.522. The maximum Gasteiger partial charge on any atom is 0.313 e. The molecule has 0 fully saturated rings. The average molecular weight is 327 g/mol. The zero-order valence-corrected chi connectivity index (χ0v) is 14.5. The summed E-state index contributed by atoms with van der Waals surface area (Å²) >= 11 is 0. The van der Waals surface area contributed by atoms with Crippen molar-refractivity contribution in [3.63, 3.8) is 0 Å². The van der Waals surface area contributed by atoms with Crippen molar-refractivity contribution in [3.05, 3.63) is 47.8 Å². The van der Waals surface area contributed by atoms with Crippen LogP contribution in [0.1, 0.15) is 57.4 Å². The summed E-state index contributed by atoms with van der Waals surface area (Å²) in [6.45, 7) is 5.53. The van der Waals surface area contributed by atoms with Crippen LogP contribution in [0.5, 0.6) is 0 Å². The van der Waals surface area contributed by atoms with Gasteiger partial charge in [0.2, 0.25) is 0 Å². The lowest BCUT2D eigenvalue weighted by Gasteiger charge is -2.20.